The van der Waals surface area contributed by atoms with E-state index >= 15 is 0 Å². The predicted octanol–water partition coefficient (Wildman–Crippen LogP) is 2.08. The van der Waals surface area contributed by atoms with E-state index in [0.29, 0.717) is 28.6 Å². The Morgan fingerprint density at radius 3 is 2.85 bits per heavy atom. The Kier molecular flexibility index (Phi) is 4.84. The summed E-state index contributed by atoms with van der Waals surface area (Å²) in [6.07, 6.45) is 3.31. The van der Waals surface area contributed by atoms with Crippen molar-refractivity contribution in [3.05, 3.63) is 46.0 Å². The topological polar surface area (TPSA) is 73.5 Å². The number of nitrogens with zero attached hydrogens (tertiary/aromatic N) is 3. The van der Waals surface area contributed by atoms with Crippen LogP contribution < -0.4 is 15.8 Å². The van der Waals surface area contributed by atoms with Gasteiger partial charge in [0.2, 0.25) is 0 Å². The molecule has 2 aromatic heterocycles. The molecule has 0 radical (unpaired) electrons. The Balaban J connectivity index is 1.42. The second-order valence-electron chi connectivity index (χ2n) is 6.82. The number of aromatic nitrogens is 2. The molecule has 8 heteroatoms. The minimum atomic E-state index is -0.231. The molecule has 4 heterocycles. The third-order valence-electron chi connectivity index (χ3n) is 5.01. The molecule has 2 saturated heterocycles. The van der Waals surface area contributed by atoms with Gasteiger partial charge in [-0.25, -0.2) is 4.98 Å². The van der Waals surface area contributed by atoms with Crippen LogP contribution in [0, 0.1) is 0 Å². The van der Waals surface area contributed by atoms with Gasteiger partial charge in [0.15, 0.2) is 0 Å². The molecule has 0 aromatic carbocycles. The summed E-state index contributed by atoms with van der Waals surface area (Å²) in [5, 5.41) is 3.48. The van der Waals surface area contributed by atoms with Gasteiger partial charge in [-0.2, -0.15) is 0 Å². The van der Waals surface area contributed by atoms with E-state index in [1.165, 1.54) is 6.20 Å². The Morgan fingerprint density at radius 2 is 2.19 bits per heavy atom. The third-order valence-corrected chi connectivity index (χ3v) is 5.22. The average molecular weight is 376 g/mol. The highest BCUT2D eigenvalue weighted by Gasteiger charge is 2.32. The van der Waals surface area contributed by atoms with Crippen molar-refractivity contribution in [2.24, 2.45) is 0 Å². The lowest BCUT2D eigenvalue weighted by molar-refractivity contribution is -0.0691. The zero-order valence-electron chi connectivity index (χ0n) is 14.6. The van der Waals surface area contributed by atoms with Crippen LogP contribution >= 0.6 is 11.6 Å². The zero-order chi connectivity index (χ0) is 18.1. The monoisotopic (exact) mass is 375 g/mol. The molecular formula is C18H22ClN5O2. The lowest BCUT2D eigenvalue weighted by Gasteiger charge is -2.46. The summed E-state index contributed by atoms with van der Waals surface area (Å²) >= 11 is 5.93. The molecule has 2 aliphatic heterocycles. The van der Waals surface area contributed by atoms with Crippen LogP contribution in [0.5, 0.6) is 0 Å². The smallest absolute Gasteiger partial charge is 0.271 e. The van der Waals surface area contributed by atoms with Crippen molar-refractivity contribution in [1.82, 2.24) is 14.9 Å². The van der Waals surface area contributed by atoms with Gasteiger partial charge in [0.1, 0.15) is 11.5 Å². The summed E-state index contributed by atoms with van der Waals surface area (Å²) in [4.78, 5) is 23.7. The average Bonchev–Trinajstić information content (AvgIpc) is 2.58. The second kappa shape index (κ2) is 7.26. The number of nitrogens with one attached hydrogen (secondary N) is 2. The van der Waals surface area contributed by atoms with Crippen LogP contribution in [0.4, 0.5) is 17.2 Å². The van der Waals surface area contributed by atoms with Crippen molar-refractivity contribution in [2.45, 2.75) is 19.0 Å². The number of rotatable bonds is 4. The van der Waals surface area contributed by atoms with Crippen LogP contribution in [0.25, 0.3) is 0 Å². The molecule has 0 aliphatic carbocycles. The van der Waals surface area contributed by atoms with Crippen molar-refractivity contribution in [1.29, 1.82) is 0 Å². The van der Waals surface area contributed by atoms with Crippen LogP contribution in [-0.4, -0.2) is 59.8 Å². The quantitative estimate of drug-likeness (QED) is 0.852. The van der Waals surface area contributed by atoms with E-state index in [1.807, 2.05) is 18.3 Å². The first-order valence-electron chi connectivity index (χ1n) is 8.80. The predicted molar refractivity (Wildman–Crippen MR) is 103 cm³/mol. The molecule has 4 rings (SSSR count). The minimum absolute atomic E-state index is 0.231. The summed E-state index contributed by atoms with van der Waals surface area (Å²) in [6.45, 7) is 7.00. The van der Waals surface area contributed by atoms with Crippen LogP contribution in [-0.2, 0) is 4.74 Å². The molecule has 0 saturated carbocycles. The van der Waals surface area contributed by atoms with E-state index in [2.05, 4.69) is 32.0 Å². The molecule has 138 valence electrons. The number of hydrogen-bond donors (Lipinski definition) is 2. The number of halogens is 1. The van der Waals surface area contributed by atoms with Gasteiger partial charge in [0.25, 0.3) is 5.56 Å². The summed E-state index contributed by atoms with van der Waals surface area (Å²) < 4.78 is 5.31. The van der Waals surface area contributed by atoms with Gasteiger partial charge < -0.3 is 19.9 Å². The Bertz CT molecular complexity index is 821. The first-order valence-corrected chi connectivity index (χ1v) is 9.18. The van der Waals surface area contributed by atoms with Crippen LogP contribution in [0.15, 0.2) is 35.4 Å². The molecule has 7 nitrogen and oxygen atoms in total. The van der Waals surface area contributed by atoms with Gasteiger partial charge in [-0.1, -0.05) is 11.6 Å². The summed E-state index contributed by atoms with van der Waals surface area (Å²) in [5.41, 5.74) is 1.24. The molecule has 2 N–H and O–H groups in total. The molecule has 0 unspecified atom stereocenters. The van der Waals surface area contributed by atoms with Gasteiger partial charge in [-0.15, -0.1) is 0 Å². The largest absolute Gasteiger partial charge is 0.378 e. The van der Waals surface area contributed by atoms with Crippen molar-refractivity contribution in [2.75, 3.05) is 43.1 Å². The lowest BCUT2D eigenvalue weighted by Crippen LogP contribution is -2.59. The molecule has 26 heavy (non-hydrogen) atoms. The number of hydrogen-bond acceptors (Lipinski definition) is 6. The Labute approximate surface area is 156 Å². The highest BCUT2D eigenvalue weighted by atomic mass is 35.5. The zero-order valence-corrected chi connectivity index (χ0v) is 15.4. The van der Waals surface area contributed by atoms with Crippen LogP contribution in [0.2, 0.25) is 5.02 Å². The van der Waals surface area contributed by atoms with Gasteiger partial charge in [0.05, 0.1) is 36.2 Å². The highest BCUT2D eigenvalue weighted by Crippen LogP contribution is 2.24. The fraction of sp³-hybridized carbons (Fsp3) is 0.444. The van der Waals surface area contributed by atoms with Crippen molar-refractivity contribution in [3.8, 4) is 0 Å². The van der Waals surface area contributed by atoms with Crippen molar-refractivity contribution < 1.29 is 4.74 Å². The summed E-state index contributed by atoms with van der Waals surface area (Å²) in [6, 6.07) is 6.50. The second-order valence-corrected chi connectivity index (χ2v) is 7.25. The normalized spacial score (nSPS) is 21.5. The van der Waals surface area contributed by atoms with E-state index in [1.54, 1.807) is 6.07 Å². The molecule has 0 amide bonds. The number of piperazine rings is 1. The van der Waals surface area contributed by atoms with Crippen molar-refractivity contribution >= 4 is 28.8 Å². The number of anilines is 3. The SMILES string of the molecule is C[C@H]1CN(C2COC2)CCN1c1ccc(Nc2cc(Cl)c[nH]c2=O)nc1. The van der Waals surface area contributed by atoms with E-state index in [0.717, 1.165) is 38.5 Å². The number of pyridine rings is 2. The molecule has 0 spiro atoms. The first-order chi connectivity index (χ1) is 12.6. The standard InChI is InChI=1S/C18H22ClN5O2/c1-12-9-23(15-10-26-11-15)4-5-24(12)14-2-3-17(20-8-14)22-16-6-13(19)7-21-18(16)25/h2-3,6-8,12,15H,4-5,9-11H2,1H3,(H,20,22)(H,21,25)/t12-/m0/s1. The maximum Gasteiger partial charge on any atom is 0.271 e. The van der Waals surface area contributed by atoms with Gasteiger partial charge in [-0.05, 0) is 25.1 Å². The van der Waals surface area contributed by atoms with Gasteiger partial charge >= 0.3 is 0 Å². The number of ether oxygens (including phenoxy) is 1. The third kappa shape index (κ3) is 3.56. The fourth-order valence-electron chi connectivity index (χ4n) is 3.45. The number of H-pyrrole nitrogens is 1. The fourth-order valence-corrected chi connectivity index (χ4v) is 3.62. The molecule has 2 aliphatic rings. The summed E-state index contributed by atoms with van der Waals surface area (Å²) in [5.74, 6) is 0.611. The molecular weight excluding hydrogens is 354 g/mol. The van der Waals surface area contributed by atoms with Gasteiger partial charge in [0, 0.05) is 31.9 Å². The van der Waals surface area contributed by atoms with E-state index in [-0.39, 0.29) is 5.56 Å². The molecule has 2 aromatic rings. The van der Waals surface area contributed by atoms with E-state index in [4.69, 9.17) is 16.3 Å². The molecule has 1 atom stereocenters. The first kappa shape index (κ1) is 17.3. The lowest BCUT2D eigenvalue weighted by atomic mass is 10.1. The van der Waals surface area contributed by atoms with Crippen LogP contribution in [0.3, 0.4) is 0 Å². The minimum Gasteiger partial charge on any atom is -0.378 e. The van der Waals surface area contributed by atoms with E-state index in [9.17, 15) is 4.79 Å². The van der Waals surface area contributed by atoms with Crippen LogP contribution in [0.1, 0.15) is 6.92 Å². The molecule has 0 bridgehead atoms. The van der Waals surface area contributed by atoms with Gasteiger partial charge in [-0.3, -0.25) is 9.69 Å². The summed E-state index contributed by atoms with van der Waals surface area (Å²) in [7, 11) is 0. The maximum atomic E-state index is 11.8. The highest BCUT2D eigenvalue weighted by molar-refractivity contribution is 6.30. The Hall–Kier alpha value is -2.09. The Morgan fingerprint density at radius 1 is 1.35 bits per heavy atom. The number of aromatic amines is 1. The van der Waals surface area contributed by atoms with Crippen molar-refractivity contribution in [3.63, 3.8) is 0 Å². The molecule has 2 fully saturated rings. The maximum absolute atomic E-state index is 11.8. The van der Waals surface area contributed by atoms with E-state index < -0.39 is 0 Å².